The number of sulfonamides is 1. The summed E-state index contributed by atoms with van der Waals surface area (Å²) < 4.78 is 92.2. The highest BCUT2D eigenvalue weighted by atomic mass is 32.2. The Morgan fingerprint density at radius 3 is 2.33 bits per heavy atom. The van der Waals surface area contributed by atoms with Crippen molar-refractivity contribution >= 4 is 15.7 Å². The van der Waals surface area contributed by atoms with Gasteiger partial charge in [0.2, 0.25) is 10.0 Å². The zero-order chi connectivity index (χ0) is 26.7. The normalized spacial score (nSPS) is 13.0. The summed E-state index contributed by atoms with van der Waals surface area (Å²) in [4.78, 5) is 1.15. The van der Waals surface area contributed by atoms with E-state index in [-0.39, 0.29) is 30.4 Å². The minimum atomic E-state index is -4.64. The van der Waals surface area contributed by atoms with Crippen LogP contribution in [0.2, 0.25) is 0 Å². The minimum Gasteiger partial charge on any atom is -0.311 e. The van der Waals surface area contributed by atoms with Crippen LogP contribution in [-0.2, 0) is 29.3 Å². The summed E-state index contributed by atoms with van der Waals surface area (Å²) in [6, 6.07) is 10.7. The van der Waals surface area contributed by atoms with E-state index in [2.05, 4.69) is 15.1 Å². The molecule has 2 N–H and O–H groups in total. The van der Waals surface area contributed by atoms with E-state index in [9.17, 15) is 30.4 Å². The Morgan fingerprint density at radius 2 is 1.75 bits per heavy atom. The van der Waals surface area contributed by atoms with Crippen molar-refractivity contribution in [2.45, 2.75) is 32.1 Å². The summed E-state index contributed by atoms with van der Waals surface area (Å²) in [6.07, 6.45) is -3.72. The Bertz CT molecular complexity index is 1290. The quantitative estimate of drug-likeness (QED) is 0.383. The molecule has 1 atom stereocenters. The number of nitrogens with zero attached hydrogens (tertiary/aromatic N) is 3. The molecule has 0 radical (unpaired) electrons. The molecule has 0 spiro atoms. The summed E-state index contributed by atoms with van der Waals surface area (Å²) in [6.45, 7) is 2.32. The lowest BCUT2D eigenvalue weighted by molar-refractivity contribution is -0.141. The molecule has 1 unspecified atom stereocenters. The van der Waals surface area contributed by atoms with Crippen LogP contribution < -0.4 is 15.0 Å². The van der Waals surface area contributed by atoms with Crippen molar-refractivity contribution in [1.29, 1.82) is 0 Å². The smallest absolute Gasteiger partial charge is 0.311 e. The molecule has 0 aliphatic rings. The van der Waals surface area contributed by atoms with Crippen LogP contribution in [0.25, 0.3) is 0 Å². The first-order valence-corrected chi connectivity index (χ1v) is 12.7. The molecule has 7 nitrogen and oxygen atoms in total. The molecule has 36 heavy (non-hydrogen) atoms. The van der Waals surface area contributed by atoms with Gasteiger partial charge in [-0.05, 0) is 47.4 Å². The maximum atomic E-state index is 14.3. The number of benzene rings is 2. The van der Waals surface area contributed by atoms with Gasteiger partial charge in [0.05, 0.1) is 24.2 Å². The predicted molar refractivity (Wildman–Crippen MR) is 126 cm³/mol. The van der Waals surface area contributed by atoms with Gasteiger partial charge in [0.15, 0.2) is 5.69 Å². The average Bonchev–Trinajstić information content (AvgIpc) is 3.21. The molecule has 0 bridgehead atoms. The molecule has 0 fully saturated rings. The first kappa shape index (κ1) is 27.4. The molecular weight excluding hydrogens is 505 g/mol. The molecule has 0 amide bonds. The van der Waals surface area contributed by atoms with Gasteiger partial charge in [0, 0.05) is 20.1 Å². The van der Waals surface area contributed by atoms with Crippen LogP contribution in [0.5, 0.6) is 0 Å². The van der Waals surface area contributed by atoms with Crippen LogP contribution in [-0.4, -0.2) is 38.2 Å². The third kappa shape index (κ3) is 7.40. The van der Waals surface area contributed by atoms with Gasteiger partial charge in [-0.25, -0.2) is 17.2 Å². The van der Waals surface area contributed by atoms with Gasteiger partial charge in [-0.15, -0.1) is 5.10 Å². The van der Waals surface area contributed by atoms with E-state index in [0.29, 0.717) is 17.7 Å². The van der Waals surface area contributed by atoms with Crippen molar-refractivity contribution in [3.05, 3.63) is 82.7 Å². The first-order chi connectivity index (χ1) is 16.7. The molecule has 196 valence electrons. The predicted octanol–water partition coefficient (Wildman–Crippen LogP) is 4.21. The van der Waals surface area contributed by atoms with Crippen molar-refractivity contribution in [3.63, 3.8) is 0 Å². The van der Waals surface area contributed by atoms with Gasteiger partial charge in [-0.2, -0.15) is 18.0 Å². The fourth-order valence-electron chi connectivity index (χ4n) is 3.54. The molecule has 1 aromatic heterocycles. The van der Waals surface area contributed by atoms with Crippen molar-refractivity contribution in [2.24, 2.45) is 0 Å². The van der Waals surface area contributed by atoms with Crippen molar-refractivity contribution in [2.75, 3.05) is 29.6 Å². The van der Waals surface area contributed by atoms with Gasteiger partial charge in [0.1, 0.15) is 11.6 Å². The van der Waals surface area contributed by atoms with E-state index in [0.717, 1.165) is 17.1 Å². The topological polar surface area (TPSA) is 79.3 Å². The highest BCUT2D eigenvalue weighted by Crippen LogP contribution is 2.29. The molecule has 0 aliphatic carbocycles. The lowest BCUT2D eigenvalue weighted by Crippen LogP contribution is -2.34. The van der Waals surface area contributed by atoms with Gasteiger partial charge in [-0.3, -0.25) is 9.73 Å². The number of rotatable bonds is 10. The molecule has 0 saturated heterocycles. The van der Waals surface area contributed by atoms with Crippen molar-refractivity contribution < 1.29 is 30.4 Å². The highest BCUT2D eigenvalue weighted by molar-refractivity contribution is 7.92. The molecule has 3 rings (SSSR count). The lowest BCUT2D eigenvalue weighted by Gasteiger charge is -2.22. The van der Waals surface area contributed by atoms with Crippen LogP contribution >= 0.6 is 0 Å². The molecule has 1 heterocycles. The fourth-order valence-corrected chi connectivity index (χ4v) is 4.11. The number of alkyl halides is 3. The number of halogens is 5. The maximum absolute atomic E-state index is 14.3. The number of hydrogen-bond donors (Lipinski definition) is 2. The number of hydrogen-bond acceptors (Lipinski definition) is 5. The van der Waals surface area contributed by atoms with E-state index in [4.69, 9.17) is 0 Å². The Kier molecular flexibility index (Phi) is 8.24. The van der Waals surface area contributed by atoms with E-state index in [1.807, 2.05) is 0 Å². The van der Waals surface area contributed by atoms with Crippen LogP contribution in [0.1, 0.15) is 35.4 Å². The maximum Gasteiger partial charge on any atom is 0.435 e. The monoisotopic (exact) mass is 531 g/mol. The molecule has 13 heteroatoms. The second kappa shape index (κ2) is 10.8. The number of anilines is 1. The molecule has 0 saturated carbocycles. The van der Waals surface area contributed by atoms with Gasteiger partial charge in [0.25, 0.3) is 0 Å². The zero-order valence-corrected chi connectivity index (χ0v) is 20.6. The summed E-state index contributed by atoms with van der Waals surface area (Å²) in [5.74, 6) is -1.39. The Labute approximate surface area is 205 Å². The van der Waals surface area contributed by atoms with E-state index >= 15 is 0 Å². The Morgan fingerprint density at radius 1 is 1.08 bits per heavy atom. The SMILES string of the molecule is CC(CNCc1cc(C(F)(F)F)nn1N(C)Cc1ccc(F)cc1)c1ccc(NS(C)(=O)=O)c(F)c1. The largest absolute Gasteiger partial charge is 0.435 e. The van der Waals surface area contributed by atoms with Gasteiger partial charge >= 0.3 is 6.18 Å². The third-order valence-corrected chi connectivity index (χ3v) is 5.91. The standard InChI is InChI=1S/C23H26F5N5O2S/c1-15(17-6-9-21(20(25)10-17)31-36(3,34)35)12-29-13-19-11-22(23(26,27)28)30-33(19)32(2)14-16-4-7-18(24)8-5-16/h4-11,15,29,31H,12-14H2,1-3H3. The average molecular weight is 532 g/mol. The molecule has 3 aromatic rings. The summed E-state index contributed by atoms with van der Waals surface area (Å²) >= 11 is 0. The fraction of sp³-hybridized carbons (Fsp3) is 0.348. The Balaban J connectivity index is 1.70. The summed E-state index contributed by atoms with van der Waals surface area (Å²) in [5.41, 5.74) is 0.296. The minimum absolute atomic E-state index is 0.0391. The second-order valence-corrected chi connectivity index (χ2v) is 10.2. The zero-order valence-electron chi connectivity index (χ0n) is 19.8. The number of aromatic nitrogens is 2. The lowest BCUT2D eigenvalue weighted by atomic mass is 10.0. The van der Waals surface area contributed by atoms with E-state index < -0.39 is 33.5 Å². The third-order valence-electron chi connectivity index (χ3n) is 5.32. The first-order valence-electron chi connectivity index (χ1n) is 10.8. The van der Waals surface area contributed by atoms with Crippen LogP contribution in [0.4, 0.5) is 27.6 Å². The van der Waals surface area contributed by atoms with Gasteiger partial charge in [-0.1, -0.05) is 25.1 Å². The van der Waals surface area contributed by atoms with E-state index in [1.165, 1.54) is 41.4 Å². The summed E-state index contributed by atoms with van der Waals surface area (Å²) in [7, 11) is -2.06. The van der Waals surface area contributed by atoms with Crippen molar-refractivity contribution in [1.82, 2.24) is 15.2 Å². The summed E-state index contributed by atoms with van der Waals surface area (Å²) in [5, 5.41) is 8.24. The van der Waals surface area contributed by atoms with Crippen LogP contribution in [0.15, 0.2) is 48.5 Å². The van der Waals surface area contributed by atoms with Crippen molar-refractivity contribution in [3.8, 4) is 0 Å². The second-order valence-electron chi connectivity index (χ2n) is 8.50. The Hall–Kier alpha value is -3.19. The molecule has 0 aliphatic heterocycles. The highest BCUT2D eigenvalue weighted by Gasteiger charge is 2.35. The van der Waals surface area contributed by atoms with E-state index in [1.54, 1.807) is 20.0 Å². The molecule has 2 aromatic carbocycles. The van der Waals surface area contributed by atoms with Gasteiger partial charge < -0.3 is 5.32 Å². The molecular formula is C23H26F5N5O2S. The number of nitrogens with one attached hydrogen (secondary N) is 2. The van der Waals surface area contributed by atoms with Crippen LogP contribution in [0.3, 0.4) is 0 Å². The van der Waals surface area contributed by atoms with Crippen LogP contribution in [0, 0.1) is 11.6 Å².